The van der Waals surface area contributed by atoms with Gasteiger partial charge in [0.2, 0.25) is 5.88 Å². The van der Waals surface area contributed by atoms with Gasteiger partial charge in [-0.2, -0.15) is 10.2 Å². The van der Waals surface area contributed by atoms with Gasteiger partial charge in [-0.25, -0.2) is 9.37 Å². The van der Waals surface area contributed by atoms with Crippen LogP contribution in [-0.4, -0.2) is 22.1 Å². The highest BCUT2D eigenvalue weighted by atomic mass is 19.1. The molecule has 5 nitrogen and oxygen atoms in total. The molecule has 23 heavy (non-hydrogen) atoms. The smallest absolute Gasteiger partial charge is 0.224 e. The van der Waals surface area contributed by atoms with Gasteiger partial charge in [0.1, 0.15) is 16.9 Å². The van der Waals surface area contributed by atoms with Crippen LogP contribution in [0.1, 0.15) is 38.9 Å². The van der Waals surface area contributed by atoms with Crippen LogP contribution in [0.15, 0.2) is 12.1 Å². The lowest BCUT2D eigenvalue weighted by Crippen LogP contribution is -2.43. The van der Waals surface area contributed by atoms with Crippen molar-refractivity contribution in [3.05, 3.63) is 23.8 Å². The summed E-state index contributed by atoms with van der Waals surface area (Å²) in [6, 6.07) is 5.45. The van der Waals surface area contributed by atoms with E-state index in [4.69, 9.17) is 4.74 Å². The van der Waals surface area contributed by atoms with Crippen molar-refractivity contribution in [1.29, 1.82) is 5.26 Å². The van der Waals surface area contributed by atoms with E-state index in [9.17, 15) is 9.65 Å². The SMILES string of the molecule is CCOc1nc(CC)nc2c(F)cc(NC3(C#N)CCC3)cc12. The molecular weight excluding hydrogens is 295 g/mol. The molecule has 6 heteroatoms. The first-order valence-corrected chi connectivity index (χ1v) is 7.93. The van der Waals surface area contributed by atoms with Gasteiger partial charge in [-0.05, 0) is 38.3 Å². The summed E-state index contributed by atoms with van der Waals surface area (Å²) < 4.78 is 20.1. The van der Waals surface area contributed by atoms with Crippen molar-refractivity contribution in [2.45, 2.75) is 45.1 Å². The zero-order valence-electron chi connectivity index (χ0n) is 13.3. The van der Waals surface area contributed by atoms with Crippen LogP contribution in [-0.2, 0) is 6.42 Å². The Morgan fingerprint density at radius 2 is 2.13 bits per heavy atom. The monoisotopic (exact) mass is 314 g/mol. The Hall–Kier alpha value is -2.42. The van der Waals surface area contributed by atoms with Crippen molar-refractivity contribution < 1.29 is 9.13 Å². The summed E-state index contributed by atoms with van der Waals surface area (Å²) in [7, 11) is 0. The zero-order chi connectivity index (χ0) is 16.4. The molecule has 0 spiro atoms. The Balaban J connectivity index is 2.09. The number of benzene rings is 1. The third-order valence-corrected chi connectivity index (χ3v) is 4.17. The third kappa shape index (κ3) is 2.79. The second kappa shape index (κ2) is 5.99. The molecule has 1 saturated carbocycles. The van der Waals surface area contributed by atoms with Crippen LogP contribution in [0.3, 0.4) is 0 Å². The Kier molecular flexibility index (Phi) is 4.03. The molecule has 0 aliphatic heterocycles. The van der Waals surface area contributed by atoms with E-state index in [1.165, 1.54) is 6.07 Å². The lowest BCUT2D eigenvalue weighted by molar-refractivity contribution is 0.329. The van der Waals surface area contributed by atoms with E-state index in [1.54, 1.807) is 6.07 Å². The molecule has 0 atom stereocenters. The minimum atomic E-state index is -0.587. The molecule has 0 saturated heterocycles. The van der Waals surface area contributed by atoms with E-state index in [1.807, 2.05) is 13.8 Å². The molecule has 120 valence electrons. The molecule has 3 rings (SSSR count). The van der Waals surface area contributed by atoms with Crippen molar-refractivity contribution in [1.82, 2.24) is 9.97 Å². The van der Waals surface area contributed by atoms with Crippen molar-refractivity contribution in [2.75, 3.05) is 11.9 Å². The van der Waals surface area contributed by atoms with Crippen LogP contribution in [0.5, 0.6) is 5.88 Å². The minimum Gasteiger partial charge on any atom is -0.477 e. The number of aryl methyl sites for hydroxylation is 1. The predicted molar refractivity (Wildman–Crippen MR) is 85.9 cm³/mol. The number of ether oxygens (including phenoxy) is 1. The van der Waals surface area contributed by atoms with E-state index >= 15 is 0 Å². The second-order valence-corrected chi connectivity index (χ2v) is 5.76. The summed E-state index contributed by atoms with van der Waals surface area (Å²) in [4.78, 5) is 8.62. The number of hydrogen-bond acceptors (Lipinski definition) is 5. The first-order valence-electron chi connectivity index (χ1n) is 7.93. The molecule has 1 aromatic carbocycles. The van der Waals surface area contributed by atoms with E-state index in [2.05, 4.69) is 21.4 Å². The maximum absolute atomic E-state index is 14.5. The van der Waals surface area contributed by atoms with E-state index in [-0.39, 0.29) is 5.52 Å². The first-order chi connectivity index (χ1) is 11.1. The number of nitriles is 1. The Morgan fingerprint density at radius 3 is 2.70 bits per heavy atom. The van der Waals surface area contributed by atoms with Gasteiger partial charge in [-0.3, -0.25) is 0 Å². The summed E-state index contributed by atoms with van der Waals surface area (Å²) in [5.74, 6) is 0.500. The largest absolute Gasteiger partial charge is 0.477 e. The fourth-order valence-corrected chi connectivity index (χ4v) is 2.76. The molecule has 0 amide bonds. The molecule has 2 aromatic rings. The topological polar surface area (TPSA) is 70.8 Å². The highest BCUT2D eigenvalue weighted by molar-refractivity contribution is 5.87. The number of anilines is 1. The number of hydrogen-bond donors (Lipinski definition) is 1. The third-order valence-electron chi connectivity index (χ3n) is 4.17. The maximum atomic E-state index is 14.5. The lowest BCUT2D eigenvalue weighted by atomic mass is 9.78. The molecule has 1 heterocycles. The highest BCUT2D eigenvalue weighted by Crippen LogP contribution is 2.36. The summed E-state index contributed by atoms with van der Waals surface area (Å²) in [6.45, 7) is 4.21. The van der Waals surface area contributed by atoms with E-state index in [0.29, 0.717) is 35.8 Å². The molecule has 0 radical (unpaired) electrons. The number of fused-ring (bicyclic) bond motifs is 1. The van der Waals surface area contributed by atoms with Crippen LogP contribution in [0.4, 0.5) is 10.1 Å². The fraction of sp³-hybridized carbons (Fsp3) is 0.471. The summed E-state index contributed by atoms with van der Waals surface area (Å²) in [5, 5.41) is 13.0. The van der Waals surface area contributed by atoms with E-state index in [0.717, 1.165) is 19.3 Å². The average molecular weight is 314 g/mol. The fourth-order valence-electron chi connectivity index (χ4n) is 2.76. The zero-order valence-corrected chi connectivity index (χ0v) is 13.3. The molecule has 1 aliphatic rings. The van der Waals surface area contributed by atoms with Gasteiger partial charge in [0.25, 0.3) is 0 Å². The quantitative estimate of drug-likeness (QED) is 0.913. The molecule has 1 N–H and O–H groups in total. The molecule has 1 fully saturated rings. The van der Waals surface area contributed by atoms with Crippen molar-refractivity contribution in [3.8, 4) is 11.9 Å². The molecule has 0 unspecified atom stereocenters. The molecule has 0 bridgehead atoms. The summed E-state index contributed by atoms with van der Waals surface area (Å²) in [5.41, 5.74) is 0.228. The second-order valence-electron chi connectivity index (χ2n) is 5.76. The van der Waals surface area contributed by atoms with Gasteiger partial charge < -0.3 is 10.1 Å². The molecular formula is C17H19FN4O. The van der Waals surface area contributed by atoms with Gasteiger partial charge in [0, 0.05) is 12.1 Å². The van der Waals surface area contributed by atoms with Gasteiger partial charge in [0.05, 0.1) is 18.1 Å². The van der Waals surface area contributed by atoms with Crippen molar-refractivity contribution in [2.24, 2.45) is 0 Å². The number of aromatic nitrogens is 2. The number of rotatable bonds is 5. The van der Waals surface area contributed by atoms with Crippen LogP contribution in [0, 0.1) is 17.1 Å². The van der Waals surface area contributed by atoms with Gasteiger partial charge >= 0.3 is 0 Å². The normalized spacial score (nSPS) is 15.7. The van der Waals surface area contributed by atoms with Crippen LogP contribution >= 0.6 is 0 Å². The lowest BCUT2D eigenvalue weighted by Gasteiger charge is -2.36. The number of nitrogens with zero attached hydrogens (tertiary/aromatic N) is 3. The minimum absolute atomic E-state index is 0.255. The van der Waals surface area contributed by atoms with Gasteiger partial charge in [0.15, 0.2) is 5.82 Å². The average Bonchev–Trinajstić information content (AvgIpc) is 2.51. The summed E-state index contributed by atoms with van der Waals surface area (Å²) >= 11 is 0. The number of halogens is 1. The first kappa shape index (κ1) is 15.5. The predicted octanol–water partition coefficient (Wildman–Crippen LogP) is 3.59. The molecule has 1 aromatic heterocycles. The Morgan fingerprint density at radius 1 is 1.35 bits per heavy atom. The van der Waals surface area contributed by atoms with Gasteiger partial charge in [-0.1, -0.05) is 6.92 Å². The van der Waals surface area contributed by atoms with Crippen molar-refractivity contribution >= 4 is 16.6 Å². The van der Waals surface area contributed by atoms with Crippen LogP contribution in [0.2, 0.25) is 0 Å². The van der Waals surface area contributed by atoms with Crippen LogP contribution in [0.25, 0.3) is 10.9 Å². The molecule has 1 aliphatic carbocycles. The Bertz CT molecular complexity index is 780. The number of nitrogens with one attached hydrogen (secondary N) is 1. The highest BCUT2D eigenvalue weighted by Gasteiger charge is 2.37. The standard InChI is InChI=1S/C17H19FN4O/c1-3-14-20-15-12(16(21-14)23-4-2)8-11(9-13(15)18)22-17(10-19)6-5-7-17/h8-9,22H,3-7H2,1-2H3. The Labute approximate surface area is 134 Å². The van der Waals surface area contributed by atoms with E-state index < -0.39 is 11.4 Å². The van der Waals surface area contributed by atoms with Crippen molar-refractivity contribution in [3.63, 3.8) is 0 Å². The van der Waals surface area contributed by atoms with Gasteiger partial charge in [-0.15, -0.1) is 0 Å². The summed E-state index contributed by atoms with van der Waals surface area (Å²) in [6.07, 6.45) is 3.15. The van der Waals surface area contributed by atoms with Crippen LogP contribution < -0.4 is 10.1 Å². The maximum Gasteiger partial charge on any atom is 0.224 e.